The molecule has 1 amide bonds. The highest BCUT2D eigenvalue weighted by Gasteiger charge is 2.27. The van der Waals surface area contributed by atoms with Crippen LogP contribution in [0.3, 0.4) is 0 Å². The van der Waals surface area contributed by atoms with E-state index in [0.717, 1.165) is 29.5 Å². The summed E-state index contributed by atoms with van der Waals surface area (Å²) in [5.74, 6) is 0.372. The third-order valence-corrected chi connectivity index (χ3v) is 5.07. The highest BCUT2D eigenvalue weighted by atomic mass is 79.9. The standard InChI is InChI=1S/C13H19BrN2OS.ClH/c1-16(8-11-5-6-12(14)18-11)13(17)9-3-2-4-10(15)7-9;/h5-6,9-10H,2-4,7-8,15H2,1H3;1H. The number of nitrogens with zero attached hydrogens (tertiary/aromatic N) is 1. The summed E-state index contributed by atoms with van der Waals surface area (Å²) in [5.41, 5.74) is 5.94. The van der Waals surface area contributed by atoms with E-state index >= 15 is 0 Å². The Bertz CT molecular complexity index is 427. The second-order valence-corrected chi connectivity index (χ2v) is 7.57. The van der Waals surface area contributed by atoms with E-state index in [0.29, 0.717) is 6.54 Å². The molecule has 0 radical (unpaired) electrons. The van der Waals surface area contributed by atoms with Crippen LogP contribution in [0.2, 0.25) is 0 Å². The van der Waals surface area contributed by atoms with Gasteiger partial charge in [0, 0.05) is 23.9 Å². The molecular weight excluding hydrogens is 348 g/mol. The van der Waals surface area contributed by atoms with Crippen molar-refractivity contribution in [3.8, 4) is 0 Å². The van der Waals surface area contributed by atoms with Crippen molar-refractivity contribution in [2.45, 2.75) is 38.3 Å². The second kappa shape index (κ2) is 7.62. The van der Waals surface area contributed by atoms with Crippen LogP contribution in [0.4, 0.5) is 0 Å². The molecule has 2 rings (SSSR count). The maximum atomic E-state index is 12.3. The van der Waals surface area contributed by atoms with Gasteiger partial charge in [0.05, 0.1) is 10.3 Å². The number of carbonyl (C=O) groups is 1. The minimum absolute atomic E-state index is 0. The largest absolute Gasteiger partial charge is 0.340 e. The molecule has 2 N–H and O–H groups in total. The van der Waals surface area contributed by atoms with Gasteiger partial charge in [0.15, 0.2) is 0 Å². The Labute approximate surface area is 133 Å². The van der Waals surface area contributed by atoms with E-state index < -0.39 is 0 Å². The van der Waals surface area contributed by atoms with Crippen molar-refractivity contribution in [3.63, 3.8) is 0 Å². The number of rotatable bonds is 3. The normalized spacial score (nSPS) is 22.7. The van der Waals surface area contributed by atoms with Gasteiger partial charge in [-0.1, -0.05) is 6.42 Å². The molecule has 0 aliphatic heterocycles. The minimum Gasteiger partial charge on any atom is -0.340 e. The maximum Gasteiger partial charge on any atom is 0.225 e. The predicted octanol–water partition coefficient (Wildman–Crippen LogP) is 3.41. The average molecular weight is 368 g/mol. The SMILES string of the molecule is CN(Cc1ccc(Br)s1)C(=O)C1CCCC(N)C1.Cl. The van der Waals surface area contributed by atoms with Gasteiger partial charge < -0.3 is 10.6 Å². The first-order chi connectivity index (χ1) is 8.56. The van der Waals surface area contributed by atoms with Crippen LogP contribution in [0, 0.1) is 5.92 Å². The fraction of sp³-hybridized carbons (Fsp3) is 0.615. The Kier molecular flexibility index (Phi) is 6.80. The molecule has 1 aliphatic rings. The van der Waals surface area contributed by atoms with Crippen LogP contribution in [0.15, 0.2) is 15.9 Å². The fourth-order valence-corrected chi connectivity index (χ4v) is 4.05. The van der Waals surface area contributed by atoms with Crippen LogP contribution in [0.1, 0.15) is 30.6 Å². The van der Waals surface area contributed by atoms with Crippen LogP contribution in [-0.4, -0.2) is 23.9 Å². The first-order valence-corrected chi connectivity index (χ1v) is 7.92. The lowest BCUT2D eigenvalue weighted by atomic mass is 9.85. The topological polar surface area (TPSA) is 46.3 Å². The summed E-state index contributed by atoms with van der Waals surface area (Å²) in [4.78, 5) is 15.4. The Balaban J connectivity index is 0.00000180. The molecule has 19 heavy (non-hydrogen) atoms. The highest BCUT2D eigenvalue weighted by Crippen LogP contribution is 2.27. The quantitative estimate of drug-likeness (QED) is 0.890. The van der Waals surface area contributed by atoms with Crippen molar-refractivity contribution in [1.29, 1.82) is 0 Å². The van der Waals surface area contributed by atoms with Gasteiger partial charge in [-0.05, 0) is 47.3 Å². The van der Waals surface area contributed by atoms with Crippen molar-refractivity contribution in [3.05, 3.63) is 20.8 Å². The molecule has 108 valence electrons. The Morgan fingerprint density at radius 2 is 2.26 bits per heavy atom. The number of halogens is 2. The molecule has 1 saturated carbocycles. The number of thiophene rings is 1. The second-order valence-electron chi connectivity index (χ2n) is 5.02. The molecule has 2 atom stereocenters. The Morgan fingerprint density at radius 3 is 2.84 bits per heavy atom. The first kappa shape index (κ1) is 17.0. The van der Waals surface area contributed by atoms with E-state index in [1.54, 1.807) is 11.3 Å². The lowest BCUT2D eigenvalue weighted by molar-refractivity contribution is -0.135. The minimum atomic E-state index is 0. The Morgan fingerprint density at radius 1 is 1.53 bits per heavy atom. The van der Waals surface area contributed by atoms with E-state index in [9.17, 15) is 4.79 Å². The average Bonchev–Trinajstić information content (AvgIpc) is 2.73. The maximum absolute atomic E-state index is 12.3. The summed E-state index contributed by atoms with van der Waals surface area (Å²) in [6.07, 6.45) is 3.98. The Hall–Kier alpha value is -0.100. The summed E-state index contributed by atoms with van der Waals surface area (Å²) < 4.78 is 1.11. The molecule has 3 nitrogen and oxygen atoms in total. The lowest BCUT2D eigenvalue weighted by Crippen LogP contribution is -2.38. The molecule has 1 aromatic rings. The molecule has 2 unspecified atom stereocenters. The zero-order valence-electron chi connectivity index (χ0n) is 11.0. The zero-order chi connectivity index (χ0) is 13.1. The van der Waals surface area contributed by atoms with Crippen LogP contribution in [0.5, 0.6) is 0 Å². The lowest BCUT2D eigenvalue weighted by Gasteiger charge is -2.29. The van der Waals surface area contributed by atoms with Crippen molar-refractivity contribution in [2.24, 2.45) is 11.7 Å². The smallest absolute Gasteiger partial charge is 0.225 e. The molecule has 6 heteroatoms. The van der Waals surface area contributed by atoms with Gasteiger partial charge in [0.25, 0.3) is 0 Å². The van der Waals surface area contributed by atoms with Crippen molar-refractivity contribution in [1.82, 2.24) is 4.90 Å². The summed E-state index contributed by atoms with van der Waals surface area (Å²) >= 11 is 5.12. The third-order valence-electron chi connectivity index (χ3n) is 3.46. The molecule has 1 fully saturated rings. The monoisotopic (exact) mass is 366 g/mol. The van der Waals surface area contributed by atoms with Gasteiger partial charge >= 0.3 is 0 Å². The van der Waals surface area contributed by atoms with E-state index in [4.69, 9.17) is 5.73 Å². The summed E-state index contributed by atoms with van der Waals surface area (Å²) in [6.45, 7) is 0.695. The third kappa shape index (κ3) is 4.74. The van der Waals surface area contributed by atoms with E-state index in [1.807, 2.05) is 18.0 Å². The molecule has 0 bridgehead atoms. The highest BCUT2D eigenvalue weighted by molar-refractivity contribution is 9.11. The van der Waals surface area contributed by atoms with E-state index in [1.165, 1.54) is 4.88 Å². The van der Waals surface area contributed by atoms with Crippen LogP contribution >= 0.6 is 39.7 Å². The summed E-state index contributed by atoms with van der Waals surface area (Å²) in [7, 11) is 1.89. The fourth-order valence-electron chi connectivity index (χ4n) is 2.51. The number of amides is 1. The molecule has 0 spiro atoms. The molecule has 0 saturated heterocycles. The van der Waals surface area contributed by atoms with Crippen molar-refractivity contribution >= 4 is 45.6 Å². The molecule has 1 heterocycles. The van der Waals surface area contributed by atoms with Gasteiger partial charge in [-0.3, -0.25) is 4.79 Å². The van der Waals surface area contributed by atoms with Crippen LogP contribution in [-0.2, 0) is 11.3 Å². The number of hydrogen-bond donors (Lipinski definition) is 1. The van der Waals surface area contributed by atoms with Crippen molar-refractivity contribution in [2.75, 3.05) is 7.05 Å². The van der Waals surface area contributed by atoms with Gasteiger partial charge in [0.1, 0.15) is 0 Å². The number of carbonyl (C=O) groups excluding carboxylic acids is 1. The zero-order valence-corrected chi connectivity index (χ0v) is 14.2. The summed E-state index contributed by atoms with van der Waals surface area (Å²) in [6, 6.07) is 4.29. The van der Waals surface area contributed by atoms with Crippen LogP contribution in [0.25, 0.3) is 0 Å². The van der Waals surface area contributed by atoms with Gasteiger partial charge in [-0.15, -0.1) is 23.7 Å². The predicted molar refractivity (Wildman–Crippen MR) is 85.7 cm³/mol. The summed E-state index contributed by atoms with van der Waals surface area (Å²) in [5, 5.41) is 0. The number of hydrogen-bond acceptors (Lipinski definition) is 3. The van der Waals surface area contributed by atoms with Crippen LogP contribution < -0.4 is 5.73 Å². The van der Waals surface area contributed by atoms with Gasteiger partial charge in [0.2, 0.25) is 5.91 Å². The van der Waals surface area contributed by atoms with Crippen molar-refractivity contribution < 1.29 is 4.79 Å². The van der Waals surface area contributed by atoms with Gasteiger partial charge in [-0.2, -0.15) is 0 Å². The molecule has 0 aromatic carbocycles. The first-order valence-electron chi connectivity index (χ1n) is 6.31. The van der Waals surface area contributed by atoms with E-state index in [-0.39, 0.29) is 30.3 Å². The van der Waals surface area contributed by atoms with Gasteiger partial charge in [-0.25, -0.2) is 0 Å². The molecule has 1 aliphatic carbocycles. The molecule has 1 aromatic heterocycles. The van der Waals surface area contributed by atoms with E-state index in [2.05, 4.69) is 22.0 Å². The number of nitrogens with two attached hydrogens (primary N) is 1. The molecular formula is C13H20BrClN2OS.